The molecule has 0 aliphatic rings. The molecule has 0 bridgehead atoms. The minimum atomic E-state index is -0.277. The lowest BCUT2D eigenvalue weighted by Gasteiger charge is -2.11. The normalized spacial score (nSPS) is 10.8. The lowest BCUT2D eigenvalue weighted by molar-refractivity contribution is -0.118. The number of methoxy groups -OCH3 is 3. The van der Waals surface area contributed by atoms with Gasteiger partial charge in [-0.15, -0.1) is 10.2 Å². The lowest BCUT2D eigenvalue weighted by atomic mass is 10.2. The Morgan fingerprint density at radius 3 is 2.42 bits per heavy atom. The van der Waals surface area contributed by atoms with Crippen LogP contribution >= 0.6 is 11.8 Å². The van der Waals surface area contributed by atoms with E-state index in [1.165, 1.54) is 18.0 Å². The number of hydrogen-bond acceptors (Lipinski definition) is 8. The van der Waals surface area contributed by atoms with E-state index in [0.717, 1.165) is 11.5 Å². The van der Waals surface area contributed by atoms with E-state index >= 15 is 0 Å². The van der Waals surface area contributed by atoms with Crippen LogP contribution in [-0.4, -0.2) is 54.0 Å². The summed E-state index contributed by atoms with van der Waals surface area (Å²) in [6.07, 6.45) is 1.49. The number of rotatable bonds is 9. The Morgan fingerprint density at radius 2 is 1.74 bits per heavy atom. The highest BCUT2D eigenvalue weighted by molar-refractivity contribution is 7.99. The van der Waals surface area contributed by atoms with Gasteiger partial charge in [-0.25, -0.2) is 5.43 Å². The number of carbonyl (C=O) groups excluding carboxylic acids is 1. The second-order valence-corrected chi connectivity index (χ2v) is 7.17. The molecule has 2 aromatic carbocycles. The molecule has 0 spiro atoms. The van der Waals surface area contributed by atoms with E-state index in [4.69, 9.17) is 14.2 Å². The summed E-state index contributed by atoms with van der Waals surface area (Å²) in [5, 5.41) is 12.9. The van der Waals surface area contributed by atoms with Gasteiger partial charge in [-0.2, -0.15) is 5.10 Å². The van der Waals surface area contributed by atoms with Crippen LogP contribution < -0.4 is 19.6 Å². The summed E-state index contributed by atoms with van der Waals surface area (Å²) < 4.78 is 17.8. The molecule has 0 radical (unpaired) electrons. The quantitative estimate of drug-likeness (QED) is 0.310. The van der Waals surface area contributed by atoms with Crippen LogP contribution in [0.25, 0.3) is 5.69 Å². The van der Waals surface area contributed by atoms with Crippen molar-refractivity contribution < 1.29 is 19.0 Å². The zero-order valence-electron chi connectivity index (χ0n) is 17.7. The number of hydrazone groups is 1. The van der Waals surface area contributed by atoms with Crippen LogP contribution in [0, 0.1) is 6.92 Å². The first kappa shape index (κ1) is 22.2. The number of thioether (sulfide) groups is 1. The Labute approximate surface area is 184 Å². The van der Waals surface area contributed by atoms with Gasteiger partial charge >= 0.3 is 0 Å². The van der Waals surface area contributed by atoms with Crippen molar-refractivity contribution in [1.29, 1.82) is 0 Å². The Morgan fingerprint density at radius 1 is 1.06 bits per heavy atom. The third-order valence-electron chi connectivity index (χ3n) is 4.27. The average Bonchev–Trinajstić information content (AvgIpc) is 3.18. The fourth-order valence-electron chi connectivity index (χ4n) is 2.80. The van der Waals surface area contributed by atoms with Crippen molar-refractivity contribution in [1.82, 2.24) is 20.2 Å². The molecule has 162 valence electrons. The Bertz CT molecular complexity index is 1070. The molecule has 9 nitrogen and oxygen atoms in total. The first-order valence-electron chi connectivity index (χ1n) is 9.29. The highest BCUT2D eigenvalue weighted by atomic mass is 32.2. The second-order valence-electron chi connectivity index (χ2n) is 6.23. The number of carbonyl (C=O) groups is 1. The molecule has 0 unspecified atom stereocenters. The van der Waals surface area contributed by atoms with Gasteiger partial charge in [0.25, 0.3) is 5.91 Å². The summed E-state index contributed by atoms with van der Waals surface area (Å²) in [5.74, 6) is 2.20. The number of nitrogens with zero attached hydrogens (tertiary/aromatic N) is 4. The third-order valence-corrected chi connectivity index (χ3v) is 5.20. The van der Waals surface area contributed by atoms with Crippen molar-refractivity contribution in [2.75, 3.05) is 27.1 Å². The summed E-state index contributed by atoms with van der Waals surface area (Å²) in [4.78, 5) is 12.3. The minimum Gasteiger partial charge on any atom is -0.496 e. The average molecular weight is 442 g/mol. The zero-order valence-corrected chi connectivity index (χ0v) is 18.5. The number of hydrogen-bond donors (Lipinski definition) is 1. The van der Waals surface area contributed by atoms with Crippen LogP contribution in [-0.2, 0) is 4.79 Å². The van der Waals surface area contributed by atoms with Gasteiger partial charge in [0.2, 0.25) is 0 Å². The van der Waals surface area contributed by atoms with Gasteiger partial charge in [0.15, 0.2) is 16.7 Å². The SMILES string of the molecule is COc1cc(OC)c(OC)cc1/C=N\NC(=O)CSc1nnc(C)n1-c1ccccc1. The summed E-state index contributed by atoms with van der Waals surface area (Å²) in [6.45, 7) is 1.87. The van der Waals surface area contributed by atoms with Crippen LogP contribution in [0.1, 0.15) is 11.4 Å². The summed E-state index contributed by atoms with van der Waals surface area (Å²) in [7, 11) is 4.63. The monoisotopic (exact) mass is 441 g/mol. The highest BCUT2D eigenvalue weighted by Crippen LogP contribution is 2.33. The summed E-state index contributed by atoms with van der Waals surface area (Å²) >= 11 is 1.28. The lowest BCUT2D eigenvalue weighted by Crippen LogP contribution is -2.20. The Balaban J connectivity index is 1.64. The molecule has 10 heteroatoms. The summed E-state index contributed by atoms with van der Waals surface area (Å²) in [5.41, 5.74) is 4.08. The van der Waals surface area contributed by atoms with Crippen LogP contribution in [0.2, 0.25) is 0 Å². The Kier molecular flexibility index (Phi) is 7.50. The molecular formula is C21H23N5O4S. The van der Waals surface area contributed by atoms with Crippen molar-refractivity contribution in [2.24, 2.45) is 5.10 Å². The van der Waals surface area contributed by atoms with E-state index in [-0.39, 0.29) is 11.7 Å². The van der Waals surface area contributed by atoms with E-state index < -0.39 is 0 Å². The van der Waals surface area contributed by atoms with Crippen LogP contribution in [0.4, 0.5) is 0 Å². The number of para-hydroxylation sites is 1. The van der Waals surface area contributed by atoms with Crippen molar-refractivity contribution >= 4 is 23.9 Å². The minimum absolute atomic E-state index is 0.130. The molecule has 0 aliphatic carbocycles. The number of amides is 1. The van der Waals surface area contributed by atoms with Gasteiger partial charge in [0.1, 0.15) is 11.6 Å². The molecule has 0 aliphatic heterocycles. The van der Waals surface area contributed by atoms with E-state index in [9.17, 15) is 4.79 Å². The molecule has 0 fully saturated rings. The maximum absolute atomic E-state index is 12.3. The third kappa shape index (κ3) is 5.34. The smallest absolute Gasteiger partial charge is 0.250 e. The van der Waals surface area contributed by atoms with E-state index in [2.05, 4.69) is 20.7 Å². The molecule has 1 heterocycles. The van der Waals surface area contributed by atoms with Crippen LogP contribution in [0.3, 0.4) is 0 Å². The molecule has 0 saturated heterocycles. The first-order chi connectivity index (χ1) is 15.1. The summed E-state index contributed by atoms with van der Waals surface area (Å²) in [6, 6.07) is 13.1. The van der Waals surface area contributed by atoms with Gasteiger partial charge < -0.3 is 14.2 Å². The van der Waals surface area contributed by atoms with Crippen molar-refractivity contribution in [3.8, 4) is 22.9 Å². The molecular weight excluding hydrogens is 418 g/mol. The fourth-order valence-corrected chi connectivity index (χ4v) is 3.59. The highest BCUT2D eigenvalue weighted by Gasteiger charge is 2.13. The number of aromatic nitrogens is 3. The van der Waals surface area contributed by atoms with Crippen LogP contribution in [0.5, 0.6) is 17.2 Å². The molecule has 31 heavy (non-hydrogen) atoms. The first-order valence-corrected chi connectivity index (χ1v) is 10.3. The molecule has 0 atom stereocenters. The fraction of sp³-hybridized carbons (Fsp3) is 0.238. The number of benzene rings is 2. The number of aryl methyl sites for hydroxylation is 1. The Hall–Kier alpha value is -3.53. The van der Waals surface area contributed by atoms with Gasteiger partial charge in [0, 0.05) is 17.3 Å². The van der Waals surface area contributed by atoms with Crippen molar-refractivity contribution in [3.05, 3.63) is 53.9 Å². The topological polar surface area (TPSA) is 99.9 Å². The van der Waals surface area contributed by atoms with Crippen molar-refractivity contribution in [3.63, 3.8) is 0 Å². The number of ether oxygens (including phenoxy) is 3. The van der Waals surface area contributed by atoms with Crippen LogP contribution in [0.15, 0.2) is 52.7 Å². The van der Waals surface area contributed by atoms with Gasteiger partial charge in [-0.3, -0.25) is 9.36 Å². The van der Waals surface area contributed by atoms with Gasteiger partial charge in [-0.1, -0.05) is 30.0 Å². The largest absolute Gasteiger partial charge is 0.496 e. The van der Waals surface area contributed by atoms with Crippen molar-refractivity contribution in [2.45, 2.75) is 12.1 Å². The predicted octanol–water partition coefficient (Wildman–Crippen LogP) is 2.84. The van der Waals surface area contributed by atoms with Gasteiger partial charge in [-0.05, 0) is 25.1 Å². The molecule has 0 saturated carbocycles. The second kappa shape index (κ2) is 10.5. The van der Waals surface area contributed by atoms with Gasteiger partial charge in [0.05, 0.1) is 33.3 Å². The van der Waals surface area contributed by atoms with E-state index in [1.807, 2.05) is 41.8 Å². The maximum atomic E-state index is 12.3. The molecule has 1 aromatic heterocycles. The zero-order chi connectivity index (χ0) is 22.2. The van der Waals surface area contributed by atoms with E-state index in [1.54, 1.807) is 33.5 Å². The predicted molar refractivity (Wildman–Crippen MR) is 119 cm³/mol. The molecule has 1 amide bonds. The number of nitrogens with one attached hydrogen (secondary N) is 1. The standard InChI is InChI=1S/C21H23N5O4S/c1-14-23-25-21(26(14)16-8-6-5-7-9-16)31-13-20(27)24-22-12-15-10-18(29-3)19(30-4)11-17(15)28-2/h5-12H,13H2,1-4H3,(H,24,27)/b22-12-. The molecule has 3 aromatic rings. The van der Waals surface area contributed by atoms with E-state index in [0.29, 0.717) is 28.0 Å². The molecule has 3 rings (SSSR count). The molecule has 1 N–H and O–H groups in total. The maximum Gasteiger partial charge on any atom is 0.250 e.